The molecule has 9 heteroatoms. The summed E-state index contributed by atoms with van der Waals surface area (Å²) >= 11 is 0. The van der Waals surface area contributed by atoms with Crippen molar-refractivity contribution in [3.63, 3.8) is 0 Å². The summed E-state index contributed by atoms with van der Waals surface area (Å²) in [6, 6.07) is 0. The summed E-state index contributed by atoms with van der Waals surface area (Å²) in [5.41, 5.74) is 0. The minimum absolute atomic E-state index is 0.0975. The van der Waals surface area contributed by atoms with Gasteiger partial charge in [0.2, 0.25) is 0 Å². The second-order valence-electron chi connectivity index (χ2n) is 4.83. The Balaban J connectivity index is 1.91. The fourth-order valence-corrected chi connectivity index (χ4v) is 2.32. The van der Waals surface area contributed by atoms with Crippen molar-refractivity contribution in [3.8, 4) is 0 Å². The van der Waals surface area contributed by atoms with Gasteiger partial charge in [0.1, 0.15) is 24.4 Å². The van der Waals surface area contributed by atoms with Gasteiger partial charge in [0.15, 0.2) is 6.10 Å². The third-order valence-electron chi connectivity index (χ3n) is 3.47. The first-order chi connectivity index (χ1) is 9.43. The lowest BCUT2D eigenvalue weighted by atomic mass is 9.92. The molecule has 114 valence electrons. The summed E-state index contributed by atoms with van der Waals surface area (Å²) in [5.74, 6) is -0.570. The van der Waals surface area contributed by atoms with E-state index >= 15 is 0 Å². The molecule has 2 rings (SSSR count). The van der Waals surface area contributed by atoms with E-state index in [2.05, 4.69) is 0 Å². The highest BCUT2D eigenvalue weighted by atomic mass is 16.6. The standard InChI is InChI=1S/C11H17NO8/c13-3-6-8(15)9(16)7(14)4(19-6)1-2-5-10(17)12-11(18)20-5/h4-9,13-16H,1-3H2,(H,12,17,18)/t4?,5?,6-,7-,8-,9-/m1/s1. The molecule has 2 fully saturated rings. The van der Waals surface area contributed by atoms with Crippen LogP contribution in [0, 0.1) is 0 Å². The quantitative estimate of drug-likeness (QED) is 0.374. The number of nitrogens with one attached hydrogen (secondary N) is 1. The molecule has 0 bridgehead atoms. The van der Waals surface area contributed by atoms with Crippen molar-refractivity contribution in [2.75, 3.05) is 6.61 Å². The molecule has 20 heavy (non-hydrogen) atoms. The van der Waals surface area contributed by atoms with E-state index < -0.39 is 55.2 Å². The number of carbonyl (C=O) groups is 2. The third kappa shape index (κ3) is 2.91. The van der Waals surface area contributed by atoms with E-state index in [1.165, 1.54) is 0 Å². The zero-order chi connectivity index (χ0) is 14.9. The van der Waals surface area contributed by atoms with Crippen molar-refractivity contribution >= 4 is 12.0 Å². The number of alkyl carbamates (subject to hydrolysis) is 1. The van der Waals surface area contributed by atoms with Crippen molar-refractivity contribution in [1.82, 2.24) is 5.32 Å². The van der Waals surface area contributed by atoms with E-state index in [9.17, 15) is 24.9 Å². The highest BCUT2D eigenvalue weighted by Crippen LogP contribution is 2.25. The van der Waals surface area contributed by atoms with Gasteiger partial charge in [-0.3, -0.25) is 10.1 Å². The first-order valence-electron chi connectivity index (χ1n) is 6.26. The van der Waals surface area contributed by atoms with Crippen LogP contribution in [0.4, 0.5) is 4.79 Å². The van der Waals surface area contributed by atoms with Gasteiger partial charge in [0.05, 0.1) is 12.7 Å². The highest BCUT2D eigenvalue weighted by molar-refractivity contribution is 5.99. The van der Waals surface area contributed by atoms with Crippen LogP contribution in [0.5, 0.6) is 0 Å². The molecule has 2 aliphatic rings. The average molecular weight is 291 g/mol. The first-order valence-corrected chi connectivity index (χ1v) is 6.26. The molecule has 0 aliphatic carbocycles. The van der Waals surface area contributed by atoms with Crippen molar-refractivity contribution in [1.29, 1.82) is 0 Å². The maximum absolute atomic E-state index is 11.3. The lowest BCUT2D eigenvalue weighted by Crippen LogP contribution is -2.58. The third-order valence-corrected chi connectivity index (χ3v) is 3.47. The van der Waals surface area contributed by atoms with Crippen molar-refractivity contribution in [2.45, 2.75) is 49.5 Å². The molecular formula is C11H17NO8. The molecule has 2 unspecified atom stereocenters. The van der Waals surface area contributed by atoms with Gasteiger partial charge in [-0.2, -0.15) is 0 Å². The number of rotatable bonds is 4. The van der Waals surface area contributed by atoms with Gasteiger partial charge < -0.3 is 29.9 Å². The smallest absolute Gasteiger partial charge is 0.414 e. The normalized spacial score (nSPS) is 41.4. The molecule has 5 N–H and O–H groups in total. The van der Waals surface area contributed by atoms with Crippen LogP contribution in [0.3, 0.4) is 0 Å². The Bertz CT molecular complexity index is 387. The molecule has 2 heterocycles. The molecule has 0 radical (unpaired) electrons. The molecule has 0 aromatic carbocycles. The first kappa shape index (κ1) is 15.1. The molecule has 0 aromatic rings. The van der Waals surface area contributed by atoms with Gasteiger partial charge in [-0.1, -0.05) is 0 Å². The molecule has 9 nitrogen and oxygen atoms in total. The van der Waals surface area contributed by atoms with E-state index in [0.717, 1.165) is 0 Å². The van der Waals surface area contributed by atoms with Crippen molar-refractivity contribution < 1.29 is 39.5 Å². The maximum Gasteiger partial charge on any atom is 0.414 e. The van der Waals surface area contributed by atoms with Gasteiger partial charge in [-0.15, -0.1) is 0 Å². The minimum atomic E-state index is -1.45. The van der Waals surface area contributed by atoms with Crippen LogP contribution in [-0.4, -0.2) is 75.7 Å². The number of cyclic esters (lactones) is 1. The predicted molar refractivity (Wildman–Crippen MR) is 61.4 cm³/mol. The van der Waals surface area contributed by atoms with Crippen LogP contribution in [0.25, 0.3) is 0 Å². The molecule has 2 aliphatic heterocycles. The second-order valence-corrected chi connectivity index (χ2v) is 4.83. The molecular weight excluding hydrogens is 274 g/mol. The SMILES string of the molecule is O=C1NC(=O)C(CCC2O[C@H](CO)[C@@H](O)[C@H](O)[C@@H]2O)O1. The maximum atomic E-state index is 11.3. The van der Waals surface area contributed by atoms with Gasteiger partial charge in [-0.25, -0.2) is 4.79 Å². The van der Waals surface area contributed by atoms with Crippen molar-refractivity contribution in [2.24, 2.45) is 0 Å². The molecule has 0 saturated carbocycles. The lowest BCUT2D eigenvalue weighted by Gasteiger charge is -2.40. The zero-order valence-corrected chi connectivity index (χ0v) is 10.5. The Morgan fingerprint density at radius 2 is 1.65 bits per heavy atom. The Labute approximate surface area is 114 Å². The van der Waals surface area contributed by atoms with Gasteiger partial charge in [0.25, 0.3) is 5.91 Å². The lowest BCUT2D eigenvalue weighted by molar-refractivity contribution is -0.231. The van der Waals surface area contributed by atoms with Crippen LogP contribution in [-0.2, 0) is 14.3 Å². The fourth-order valence-electron chi connectivity index (χ4n) is 2.32. The van der Waals surface area contributed by atoms with Crippen LogP contribution in [0.15, 0.2) is 0 Å². The summed E-state index contributed by atoms with van der Waals surface area (Å²) in [5, 5.41) is 40.0. The van der Waals surface area contributed by atoms with Crippen LogP contribution in [0.2, 0.25) is 0 Å². The Morgan fingerprint density at radius 1 is 1.00 bits per heavy atom. The molecule has 2 saturated heterocycles. The molecule has 0 aromatic heterocycles. The Hall–Kier alpha value is -1.26. The predicted octanol–water partition coefficient (Wildman–Crippen LogP) is -2.76. The number of aliphatic hydroxyl groups is 4. The van der Waals surface area contributed by atoms with E-state index in [-0.39, 0.29) is 12.8 Å². The number of amides is 2. The van der Waals surface area contributed by atoms with E-state index in [1.54, 1.807) is 0 Å². The van der Waals surface area contributed by atoms with Crippen LogP contribution >= 0.6 is 0 Å². The van der Waals surface area contributed by atoms with E-state index in [1.807, 2.05) is 5.32 Å². The number of carbonyl (C=O) groups excluding carboxylic acids is 2. The number of imide groups is 1. The van der Waals surface area contributed by atoms with Gasteiger partial charge >= 0.3 is 6.09 Å². The highest BCUT2D eigenvalue weighted by Gasteiger charge is 2.44. The monoisotopic (exact) mass is 291 g/mol. The van der Waals surface area contributed by atoms with Gasteiger partial charge in [0, 0.05) is 0 Å². The largest absolute Gasteiger partial charge is 0.436 e. The summed E-state index contributed by atoms with van der Waals surface area (Å²) in [4.78, 5) is 22.1. The van der Waals surface area contributed by atoms with Gasteiger partial charge in [-0.05, 0) is 12.8 Å². The fraction of sp³-hybridized carbons (Fsp3) is 0.818. The molecule has 6 atom stereocenters. The van der Waals surface area contributed by atoms with E-state index in [0.29, 0.717) is 0 Å². The summed E-state index contributed by atoms with van der Waals surface area (Å²) in [6.45, 7) is -0.514. The number of ether oxygens (including phenoxy) is 2. The Morgan fingerprint density at radius 3 is 2.20 bits per heavy atom. The minimum Gasteiger partial charge on any atom is -0.436 e. The second kappa shape index (κ2) is 6.02. The summed E-state index contributed by atoms with van der Waals surface area (Å²) < 4.78 is 9.97. The van der Waals surface area contributed by atoms with E-state index in [4.69, 9.17) is 14.6 Å². The van der Waals surface area contributed by atoms with Crippen LogP contribution in [0.1, 0.15) is 12.8 Å². The Kier molecular flexibility index (Phi) is 4.55. The van der Waals surface area contributed by atoms with Crippen molar-refractivity contribution in [3.05, 3.63) is 0 Å². The number of hydrogen-bond donors (Lipinski definition) is 5. The van der Waals surface area contributed by atoms with Crippen LogP contribution < -0.4 is 5.32 Å². The molecule has 2 amide bonds. The number of aliphatic hydroxyl groups excluding tert-OH is 4. The average Bonchev–Trinajstić information content (AvgIpc) is 2.74. The number of hydrogen-bond acceptors (Lipinski definition) is 8. The molecule has 0 spiro atoms. The summed E-state index contributed by atoms with van der Waals surface area (Å²) in [7, 11) is 0. The zero-order valence-electron chi connectivity index (χ0n) is 10.5. The topological polar surface area (TPSA) is 146 Å². The summed E-state index contributed by atoms with van der Waals surface area (Å²) in [6.07, 6.45) is -7.66.